The first-order valence-corrected chi connectivity index (χ1v) is 9.63. The molecule has 0 radical (unpaired) electrons. The van der Waals surface area contributed by atoms with Gasteiger partial charge in [0.2, 0.25) is 0 Å². The Morgan fingerprint density at radius 3 is 2.61 bits per heavy atom. The average Bonchev–Trinajstić information content (AvgIpc) is 2.86. The van der Waals surface area contributed by atoms with E-state index in [1.165, 1.54) is 0 Å². The molecule has 0 bridgehead atoms. The lowest BCUT2D eigenvalue weighted by atomic mass is 10.1. The van der Waals surface area contributed by atoms with Crippen LogP contribution in [0.2, 0.25) is 0 Å². The highest BCUT2D eigenvalue weighted by Crippen LogP contribution is 2.17. The van der Waals surface area contributed by atoms with Crippen molar-refractivity contribution in [2.45, 2.75) is 19.9 Å². The van der Waals surface area contributed by atoms with Gasteiger partial charge in [0.05, 0.1) is 18.1 Å². The van der Waals surface area contributed by atoms with E-state index in [1.54, 1.807) is 11.9 Å². The lowest BCUT2D eigenvalue weighted by molar-refractivity contribution is 0.205. The summed E-state index contributed by atoms with van der Waals surface area (Å²) in [4.78, 5) is 13.7. The molecule has 1 aromatic carbocycles. The predicted molar refractivity (Wildman–Crippen MR) is 89.2 cm³/mol. The van der Waals surface area contributed by atoms with Crippen LogP contribution in [0.5, 0.6) is 5.75 Å². The molecule has 1 aliphatic heterocycles. The zero-order valence-corrected chi connectivity index (χ0v) is 14.4. The van der Waals surface area contributed by atoms with Crippen molar-refractivity contribution in [3.05, 3.63) is 29.8 Å². The topological polar surface area (TPSA) is 75.7 Å². The molecule has 23 heavy (non-hydrogen) atoms. The first kappa shape index (κ1) is 17.6. The van der Waals surface area contributed by atoms with Gasteiger partial charge in [-0.25, -0.2) is 13.2 Å². The van der Waals surface area contributed by atoms with E-state index in [1.807, 2.05) is 31.2 Å². The highest BCUT2D eigenvalue weighted by molar-refractivity contribution is 7.91. The standard InChI is InChI=1S/C16H24N2O4S/c1-3-22-15-6-4-13(5-7-15)11-18(2)16(19)17-10-14-8-9-23(20,21)12-14/h4-7,14H,3,8-12H2,1-2H3,(H,17,19). The number of hydrogen-bond acceptors (Lipinski definition) is 4. The van der Waals surface area contributed by atoms with Crippen molar-refractivity contribution < 1.29 is 17.9 Å². The predicted octanol–water partition coefficient (Wildman–Crippen LogP) is 1.66. The summed E-state index contributed by atoms with van der Waals surface area (Å²) < 4.78 is 28.2. The van der Waals surface area contributed by atoms with Gasteiger partial charge in [-0.05, 0) is 37.0 Å². The Bertz CT molecular complexity index is 628. The minimum atomic E-state index is -2.90. The van der Waals surface area contributed by atoms with E-state index >= 15 is 0 Å². The molecule has 6 nitrogen and oxygen atoms in total. The number of carbonyl (C=O) groups is 1. The van der Waals surface area contributed by atoms with Gasteiger partial charge in [-0.3, -0.25) is 0 Å². The van der Waals surface area contributed by atoms with Crippen LogP contribution in [-0.4, -0.2) is 51.1 Å². The summed E-state index contributed by atoms with van der Waals surface area (Å²) in [5.41, 5.74) is 1.01. The van der Waals surface area contributed by atoms with Crippen molar-refractivity contribution in [3.8, 4) is 5.75 Å². The lowest BCUT2D eigenvalue weighted by Gasteiger charge is -2.19. The van der Waals surface area contributed by atoms with Crippen LogP contribution in [0.15, 0.2) is 24.3 Å². The maximum atomic E-state index is 12.1. The molecule has 0 aromatic heterocycles. The Balaban J connectivity index is 1.78. The van der Waals surface area contributed by atoms with Crippen molar-refractivity contribution in [3.63, 3.8) is 0 Å². The van der Waals surface area contributed by atoms with Crippen molar-refractivity contribution in [1.29, 1.82) is 0 Å². The molecule has 0 spiro atoms. The highest BCUT2D eigenvalue weighted by Gasteiger charge is 2.28. The number of nitrogens with zero attached hydrogens (tertiary/aromatic N) is 1. The second-order valence-corrected chi connectivity index (χ2v) is 8.12. The zero-order valence-electron chi connectivity index (χ0n) is 13.6. The maximum absolute atomic E-state index is 12.1. The highest BCUT2D eigenvalue weighted by atomic mass is 32.2. The van der Waals surface area contributed by atoms with Crippen LogP contribution >= 0.6 is 0 Å². The molecule has 0 saturated carbocycles. The second kappa shape index (κ2) is 7.68. The van der Waals surface area contributed by atoms with Crippen LogP contribution in [-0.2, 0) is 16.4 Å². The third kappa shape index (κ3) is 5.42. The van der Waals surface area contributed by atoms with Gasteiger partial charge in [-0.1, -0.05) is 12.1 Å². The van der Waals surface area contributed by atoms with Crippen LogP contribution in [0.3, 0.4) is 0 Å². The van der Waals surface area contributed by atoms with Gasteiger partial charge in [-0.15, -0.1) is 0 Å². The summed E-state index contributed by atoms with van der Waals surface area (Å²) >= 11 is 0. The van der Waals surface area contributed by atoms with E-state index in [-0.39, 0.29) is 23.5 Å². The van der Waals surface area contributed by atoms with Crippen LogP contribution in [0.25, 0.3) is 0 Å². The van der Waals surface area contributed by atoms with Crippen molar-refractivity contribution >= 4 is 15.9 Å². The fraction of sp³-hybridized carbons (Fsp3) is 0.562. The van der Waals surface area contributed by atoms with Crippen LogP contribution in [0.1, 0.15) is 18.9 Å². The quantitative estimate of drug-likeness (QED) is 0.854. The normalized spacial score (nSPS) is 19.3. The molecule has 128 valence electrons. The fourth-order valence-electron chi connectivity index (χ4n) is 2.60. The molecule has 1 heterocycles. The maximum Gasteiger partial charge on any atom is 0.317 e. The molecular weight excluding hydrogens is 316 g/mol. The minimum Gasteiger partial charge on any atom is -0.494 e. The Morgan fingerprint density at radius 2 is 2.04 bits per heavy atom. The number of hydrogen-bond donors (Lipinski definition) is 1. The van der Waals surface area contributed by atoms with E-state index in [0.29, 0.717) is 26.1 Å². The Kier molecular flexibility index (Phi) is 5.87. The van der Waals surface area contributed by atoms with Gasteiger partial charge in [0, 0.05) is 20.1 Å². The van der Waals surface area contributed by atoms with Crippen LogP contribution in [0, 0.1) is 5.92 Å². The zero-order chi connectivity index (χ0) is 16.9. The Morgan fingerprint density at radius 1 is 1.35 bits per heavy atom. The molecule has 1 aliphatic rings. The van der Waals surface area contributed by atoms with Gasteiger partial charge < -0.3 is 15.0 Å². The second-order valence-electron chi connectivity index (χ2n) is 5.89. The third-order valence-corrected chi connectivity index (χ3v) is 5.71. The van der Waals surface area contributed by atoms with E-state index in [2.05, 4.69) is 5.32 Å². The molecule has 1 saturated heterocycles. The molecule has 1 N–H and O–H groups in total. The fourth-order valence-corrected chi connectivity index (χ4v) is 4.46. The third-order valence-electron chi connectivity index (χ3n) is 3.87. The van der Waals surface area contributed by atoms with Crippen LogP contribution in [0.4, 0.5) is 4.79 Å². The molecule has 1 atom stereocenters. The number of carbonyl (C=O) groups excluding carboxylic acids is 1. The molecule has 1 unspecified atom stereocenters. The molecular formula is C16H24N2O4S. The summed E-state index contributed by atoms with van der Waals surface area (Å²) in [7, 11) is -1.18. The smallest absolute Gasteiger partial charge is 0.317 e. The molecule has 7 heteroatoms. The summed E-state index contributed by atoms with van der Waals surface area (Å²) in [5.74, 6) is 1.25. The number of benzene rings is 1. The Hall–Kier alpha value is -1.76. The average molecular weight is 340 g/mol. The van der Waals surface area contributed by atoms with E-state index in [9.17, 15) is 13.2 Å². The molecule has 2 rings (SSSR count). The lowest BCUT2D eigenvalue weighted by Crippen LogP contribution is -2.39. The van der Waals surface area contributed by atoms with Gasteiger partial charge in [0.25, 0.3) is 0 Å². The van der Waals surface area contributed by atoms with Crippen molar-refractivity contribution in [2.75, 3.05) is 31.7 Å². The number of nitrogens with one attached hydrogen (secondary N) is 1. The van der Waals surface area contributed by atoms with Crippen molar-refractivity contribution in [1.82, 2.24) is 10.2 Å². The molecule has 2 amide bonds. The summed E-state index contributed by atoms with van der Waals surface area (Å²) in [6.07, 6.45) is 0.630. The monoisotopic (exact) mass is 340 g/mol. The number of sulfone groups is 1. The summed E-state index contributed by atoms with van der Waals surface area (Å²) in [6, 6.07) is 7.43. The van der Waals surface area contributed by atoms with Gasteiger partial charge in [0.15, 0.2) is 9.84 Å². The minimum absolute atomic E-state index is 0.0304. The molecule has 1 aromatic rings. The summed E-state index contributed by atoms with van der Waals surface area (Å²) in [5, 5.41) is 2.81. The van der Waals surface area contributed by atoms with Gasteiger partial charge in [0.1, 0.15) is 5.75 Å². The first-order chi connectivity index (χ1) is 10.9. The van der Waals surface area contributed by atoms with Crippen molar-refractivity contribution in [2.24, 2.45) is 5.92 Å². The van der Waals surface area contributed by atoms with E-state index in [4.69, 9.17) is 4.74 Å². The molecule has 1 fully saturated rings. The SMILES string of the molecule is CCOc1ccc(CN(C)C(=O)NCC2CCS(=O)(=O)C2)cc1. The Labute approximate surface area is 137 Å². The first-order valence-electron chi connectivity index (χ1n) is 7.80. The van der Waals surface area contributed by atoms with Gasteiger partial charge in [-0.2, -0.15) is 0 Å². The number of urea groups is 1. The number of ether oxygens (including phenoxy) is 1. The van der Waals surface area contributed by atoms with Gasteiger partial charge >= 0.3 is 6.03 Å². The number of rotatable bonds is 6. The summed E-state index contributed by atoms with van der Waals surface area (Å²) in [6.45, 7) is 3.45. The largest absolute Gasteiger partial charge is 0.494 e. The van der Waals surface area contributed by atoms with E-state index in [0.717, 1.165) is 11.3 Å². The van der Waals surface area contributed by atoms with Crippen LogP contribution < -0.4 is 10.1 Å². The number of amides is 2. The molecule has 0 aliphatic carbocycles. The van der Waals surface area contributed by atoms with E-state index < -0.39 is 9.84 Å².